The monoisotopic (exact) mass is 222 g/mol. The molecule has 0 saturated heterocycles. The van der Waals surface area contributed by atoms with Gasteiger partial charge in [-0.25, -0.2) is 0 Å². The van der Waals surface area contributed by atoms with E-state index in [-0.39, 0.29) is 24.4 Å². The minimum atomic E-state index is -0.504. The Balaban J connectivity index is 2.56. The van der Waals surface area contributed by atoms with Crippen LogP contribution in [0.15, 0.2) is 24.3 Å². The van der Waals surface area contributed by atoms with Gasteiger partial charge in [0.15, 0.2) is 11.6 Å². The van der Waals surface area contributed by atoms with Crippen LogP contribution in [0.3, 0.4) is 0 Å². The summed E-state index contributed by atoms with van der Waals surface area (Å²) in [5, 5.41) is 8.51. The molecule has 0 aliphatic heterocycles. The molecule has 0 aliphatic rings. The van der Waals surface area contributed by atoms with Crippen LogP contribution in [0, 0.1) is 0 Å². The molecule has 0 atom stereocenters. The lowest BCUT2D eigenvalue weighted by molar-refractivity contribution is -0.121. The lowest BCUT2D eigenvalue weighted by atomic mass is 10.1. The number of ketones is 2. The molecule has 4 nitrogen and oxygen atoms in total. The van der Waals surface area contributed by atoms with E-state index in [0.29, 0.717) is 11.3 Å². The van der Waals surface area contributed by atoms with Crippen molar-refractivity contribution in [1.82, 2.24) is 0 Å². The van der Waals surface area contributed by atoms with Gasteiger partial charge in [0.25, 0.3) is 0 Å². The van der Waals surface area contributed by atoms with Crippen LogP contribution in [0.5, 0.6) is 5.75 Å². The molecule has 0 unspecified atom stereocenters. The normalized spacial score (nSPS) is 9.88. The van der Waals surface area contributed by atoms with Gasteiger partial charge >= 0.3 is 0 Å². The SMILES string of the molecule is COc1ccc(C(=O)CCC(=O)CO)cc1. The molecule has 0 radical (unpaired) electrons. The van der Waals surface area contributed by atoms with Gasteiger partial charge in [-0.2, -0.15) is 0 Å². The first-order valence-corrected chi connectivity index (χ1v) is 4.97. The largest absolute Gasteiger partial charge is 0.497 e. The first-order chi connectivity index (χ1) is 7.67. The van der Waals surface area contributed by atoms with Crippen molar-refractivity contribution in [3.8, 4) is 5.75 Å². The van der Waals surface area contributed by atoms with Crippen LogP contribution >= 0.6 is 0 Å². The standard InChI is InChI=1S/C12H14O4/c1-16-11-5-2-9(3-6-11)12(15)7-4-10(14)8-13/h2-3,5-6,13H,4,7-8H2,1H3. The number of hydrogen-bond acceptors (Lipinski definition) is 4. The van der Waals surface area contributed by atoms with Gasteiger partial charge in [-0.15, -0.1) is 0 Å². The zero-order valence-electron chi connectivity index (χ0n) is 9.10. The number of methoxy groups -OCH3 is 1. The van der Waals surface area contributed by atoms with E-state index in [9.17, 15) is 9.59 Å². The highest BCUT2D eigenvalue weighted by molar-refractivity contribution is 5.98. The van der Waals surface area contributed by atoms with Crippen LogP contribution in [-0.4, -0.2) is 30.4 Å². The van der Waals surface area contributed by atoms with Gasteiger partial charge in [0, 0.05) is 18.4 Å². The van der Waals surface area contributed by atoms with Crippen molar-refractivity contribution in [2.45, 2.75) is 12.8 Å². The lowest BCUT2D eigenvalue weighted by Crippen LogP contribution is -2.07. The Hall–Kier alpha value is -1.68. The number of aliphatic hydroxyl groups excluding tert-OH is 1. The zero-order chi connectivity index (χ0) is 12.0. The van der Waals surface area contributed by atoms with Crippen molar-refractivity contribution in [3.05, 3.63) is 29.8 Å². The maximum absolute atomic E-state index is 11.6. The van der Waals surface area contributed by atoms with Crippen LogP contribution < -0.4 is 4.74 Å². The molecule has 1 aromatic carbocycles. The quantitative estimate of drug-likeness (QED) is 0.735. The number of benzene rings is 1. The van der Waals surface area contributed by atoms with Crippen molar-refractivity contribution in [2.24, 2.45) is 0 Å². The van der Waals surface area contributed by atoms with Crippen LogP contribution in [-0.2, 0) is 4.79 Å². The summed E-state index contributed by atoms with van der Waals surface area (Å²) >= 11 is 0. The Morgan fingerprint density at radius 3 is 2.31 bits per heavy atom. The minimum absolute atomic E-state index is 0.0847. The zero-order valence-corrected chi connectivity index (χ0v) is 9.10. The molecule has 1 aromatic rings. The number of carbonyl (C=O) groups is 2. The summed E-state index contributed by atoms with van der Waals surface area (Å²) in [4.78, 5) is 22.4. The van der Waals surface area contributed by atoms with E-state index >= 15 is 0 Å². The van der Waals surface area contributed by atoms with Gasteiger partial charge in [-0.05, 0) is 24.3 Å². The van der Waals surface area contributed by atoms with Crippen LogP contribution in [0.25, 0.3) is 0 Å². The lowest BCUT2D eigenvalue weighted by Gasteiger charge is -2.02. The molecule has 0 aliphatic carbocycles. The molecule has 0 aromatic heterocycles. The van der Waals surface area contributed by atoms with E-state index < -0.39 is 6.61 Å². The molecule has 4 heteroatoms. The third-order valence-corrected chi connectivity index (χ3v) is 2.22. The minimum Gasteiger partial charge on any atom is -0.497 e. The Morgan fingerprint density at radius 2 is 1.81 bits per heavy atom. The van der Waals surface area contributed by atoms with E-state index in [1.807, 2.05) is 0 Å². The van der Waals surface area contributed by atoms with E-state index in [1.54, 1.807) is 31.4 Å². The average molecular weight is 222 g/mol. The van der Waals surface area contributed by atoms with Crippen molar-refractivity contribution < 1.29 is 19.4 Å². The number of hydrogen-bond donors (Lipinski definition) is 1. The summed E-state index contributed by atoms with van der Waals surface area (Å²) in [6.07, 6.45) is 0.215. The van der Waals surface area contributed by atoms with Gasteiger partial charge in [0.05, 0.1) is 7.11 Å². The molecule has 0 bridgehead atoms. The maximum atomic E-state index is 11.6. The highest BCUT2D eigenvalue weighted by Gasteiger charge is 2.08. The predicted octanol–water partition coefficient (Wildman–Crippen LogP) is 1.22. The van der Waals surface area contributed by atoms with Crippen molar-refractivity contribution in [2.75, 3.05) is 13.7 Å². The number of rotatable bonds is 6. The Labute approximate surface area is 93.9 Å². The summed E-state index contributed by atoms with van der Waals surface area (Å²) in [6.45, 7) is -0.504. The number of ether oxygens (including phenoxy) is 1. The van der Waals surface area contributed by atoms with E-state index in [1.165, 1.54) is 0 Å². The molecule has 86 valence electrons. The van der Waals surface area contributed by atoms with E-state index in [4.69, 9.17) is 9.84 Å². The fourth-order valence-corrected chi connectivity index (χ4v) is 1.25. The number of aliphatic hydroxyl groups is 1. The molecular formula is C12H14O4. The number of carbonyl (C=O) groups excluding carboxylic acids is 2. The second-order valence-corrected chi connectivity index (χ2v) is 3.35. The topological polar surface area (TPSA) is 63.6 Å². The van der Waals surface area contributed by atoms with Crippen molar-refractivity contribution >= 4 is 11.6 Å². The molecule has 0 spiro atoms. The van der Waals surface area contributed by atoms with Gasteiger partial charge in [0.1, 0.15) is 12.4 Å². The molecule has 0 amide bonds. The van der Waals surface area contributed by atoms with E-state index in [2.05, 4.69) is 0 Å². The van der Waals surface area contributed by atoms with Crippen LogP contribution in [0.2, 0.25) is 0 Å². The third-order valence-electron chi connectivity index (χ3n) is 2.22. The molecule has 1 rings (SSSR count). The molecule has 0 heterocycles. The Kier molecular flexibility index (Phi) is 4.66. The van der Waals surface area contributed by atoms with Gasteiger partial charge in [0.2, 0.25) is 0 Å². The van der Waals surface area contributed by atoms with Gasteiger partial charge in [-0.3, -0.25) is 9.59 Å². The number of Topliss-reactive ketones (excluding diaryl/α,β-unsaturated/α-hetero) is 2. The van der Waals surface area contributed by atoms with Crippen molar-refractivity contribution in [1.29, 1.82) is 0 Å². The highest BCUT2D eigenvalue weighted by Crippen LogP contribution is 2.13. The Bertz CT molecular complexity index is 367. The summed E-state index contributed by atoms with van der Waals surface area (Å²) in [5.74, 6) is 0.259. The summed E-state index contributed by atoms with van der Waals surface area (Å²) in [6, 6.07) is 6.71. The summed E-state index contributed by atoms with van der Waals surface area (Å²) in [5.41, 5.74) is 0.548. The second-order valence-electron chi connectivity index (χ2n) is 3.35. The first kappa shape index (κ1) is 12.4. The van der Waals surface area contributed by atoms with E-state index in [0.717, 1.165) is 0 Å². The Morgan fingerprint density at radius 1 is 1.19 bits per heavy atom. The highest BCUT2D eigenvalue weighted by atomic mass is 16.5. The fourth-order valence-electron chi connectivity index (χ4n) is 1.25. The smallest absolute Gasteiger partial charge is 0.163 e. The molecular weight excluding hydrogens is 208 g/mol. The molecule has 0 fully saturated rings. The second kappa shape index (κ2) is 6.02. The van der Waals surface area contributed by atoms with Crippen molar-refractivity contribution in [3.63, 3.8) is 0 Å². The maximum Gasteiger partial charge on any atom is 0.163 e. The summed E-state index contributed by atoms with van der Waals surface area (Å²) in [7, 11) is 1.55. The van der Waals surface area contributed by atoms with Gasteiger partial charge < -0.3 is 9.84 Å². The van der Waals surface area contributed by atoms with Gasteiger partial charge in [-0.1, -0.05) is 0 Å². The molecule has 16 heavy (non-hydrogen) atoms. The first-order valence-electron chi connectivity index (χ1n) is 4.97. The predicted molar refractivity (Wildman–Crippen MR) is 58.7 cm³/mol. The third kappa shape index (κ3) is 3.47. The summed E-state index contributed by atoms with van der Waals surface area (Å²) < 4.78 is 4.97. The average Bonchev–Trinajstić information content (AvgIpc) is 2.35. The van der Waals surface area contributed by atoms with Crippen LogP contribution in [0.1, 0.15) is 23.2 Å². The molecule has 1 N–H and O–H groups in total. The fraction of sp³-hybridized carbons (Fsp3) is 0.333. The molecule has 0 saturated carbocycles. The van der Waals surface area contributed by atoms with Crippen LogP contribution in [0.4, 0.5) is 0 Å².